The van der Waals surface area contributed by atoms with Crippen molar-refractivity contribution >= 4 is 0 Å². The third-order valence-corrected chi connectivity index (χ3v) is 3.23. The first kappa shape index (κ1) is 11.5. The minimum absolute atomic E-state index is 0.147. The summed E-state index contributed by atoms with van der Waals surface area (Å²) in [4.78, 5) is 4.31. The fourth-order valence-electron chi connectivity index (χ4n) is 2.33. The van der Waals surface area contributed by atoms with E-state index in [1.165, 1.54) is 5.56 Å². The van der Waals surface area contributed by atoms with Crippen LogP contribution in [0.3, 0.4) is 0 Å². The zero-order chi connectivity index (χ0) is 11.4. The van der Waals surface area contributed by atoms with E-state index in [4.69, 9.17) is 10.6 Å². The van der Waals surface area contributed by atoms with Crippen molar-refractivity contribution in [3.63, 3.8) is 0 Å². The van der Waals surface area contributed by atoms with Crippen molar-refractivity contribution < 1.29 is 4.74 Å². The summed E-state index contributed by atoms with van der Waals surface area (Å²) in [6.45, 7) is 3.67. The standard InChI is InChI=1S/C12H19N3O/c1-9-11(5-2-6-14-9)12(15-13)10-4-3-7-16-8-10/h2,5-6,10,12,15H,3-4,7-8,13H2,1H3. The second-order valence-corrected chi connectivity index (χ2v) is 4.30. The molecule has 2 heterocycles. The molecule has 1 aromatic rings. The lowest BCUT2D eigenvalue weighted by atomic mass is 9.88. The Hall–Kier alpha value is -0.970. The maximum Gasteiger partial charge on any atom is 0.0528 e. The minimum atomic E-state index is 0.147. The summed E-state index contributed by atoms with van der Waals surface area (Å²) in [5, 5.41) is 0. The van der Waals surface area contributed by atoms with Gasteiger partial charge >= 0.3 is 0 Å². The number of aromatic nitrogens is 1. The molecule has 0 bridgehead atoms. The van der Waals surface area contributed by atoms with Gasteiger partial charge in [0.1, 0.15) is 0 Å². The van der Waals surface area contributed by atoms with Gasteiger partial charge in [-0.25, -0.2) is 0 Å². The third kappa shape index (κ3) is 2.40. The van der Waals surface area contributed by atoms with E-state index < -0.39 is 0 Å². The van der Waals surface area contributed by atoms with Gasteiger partial charge in [0.2, 0.25) is 0 Å². The highest BCUT2D eigenvalue weighted by Crippen LogP contribution is 2.29. The number of rotatable bonds is 3. The molecule has 88 valence electrons. The lowest BCUT2D eigenvalue weighted by Crippen LogP contribution is -2.37. The molecule has 1 aliphatic heterocycles. The van der Waals surface area contributed by atoms with Gasteiger partial charge < -0.3 is 4.74 Å². The van der Waals surface area contributed by atoms with Crippen LogP contribution in [0.5, 0.6) is 0 Å². The quantitative estimate of drug-likeness (QED) is 0.597. The van der Waals surface area contributed by atoms with Crippen LogP contribution in [0, 0.1) is 12.8 Å². The lowest BCUT2D eigenvalue weighted by molar-refractivity contribution is 0.0388. The fourth-order valence-corrected chi connectivity index (χ4v) is 2.33. The van der Waals surface area contributed by atoms with Crippen molar-refractivity contribution in [2.45, 2.75) is 25.8 Å². The topological polar surface area (TPSA) is 60.2 Å². The van der Waals surface area contributed by atoms with Gasteiger partial charge in [0.05, 0.1) is 12.6 Å². The average molecular weight is 221 g/mol. The van der Waals surface area contributed by atoms with Crippen molar-refractivity contribution in [3.8, 4) is 0 Å². The second kappa shape index (κ2) is 5.39. The predicted octanol–water partition coefficient (Wildman–Crippen LogP) is 1.32. The maximum atomic E-state index is 5.67. The van der Waals surface area contributed by atoms with Gasteiger partial charge in [0.15, 0.2) is 0 Å². The molecule has 2 rings (SSSR count). The number of aryl methyl sites for hydroxylation is 1. The van der Waals surface area contributed by atoms with Gasteiger partial charge in [-0.2, -0.15) is 0 Å². The summed E-state index contributed by atoms with van der Waals surface area (Å²) in [6, 6.07) is 4.19. The molecule has 2 atom stereocenters. The van der Waals surface area contributed by atoms with Gasteiger partial charge in [-0.1, -0.05) is 6.07 Å². The van der Waals surface area contributed by atoms with E-state index in [-0.39, 0.29) is 6.04 Å². The number of nitrogens with zero attached hydrogens (tertiary/aromatic N) is 1. The van der Waals surface area contributed by atoms with Gasteiger partial charge in [0.25, 0.3) is 0 Å². The number of ether oxygens (including phenoxy) is 1. The molecule has 4 heteroatoms. The van der Waals surface area contributed by atoms with Crippen LogP contribution in [-0.4, -0.2) is 18.2 Å². The van der Waals surface area contributed by atoms with Gasteiger partial charge in [-0.05, 0) is 31.4 Å². The molecular formula is C12H19N3O. The minimum Gasteiger partial charge on any atom is -0.381 e. The fraction of sp³-hybridized carbons (Fsp3) is 0.583. The number of hydrogen-bond donors (Lipinski definition) is 2. The van der Waals surface area contributed by atoms with Crippen molar-refractivity contribution in [2.75, 3.05) is 13.2 Å². The Morgan fingerprint density at radius 3 is 3.12 bits per heavy atom. The Labute approximate surface area is 96.2 Å². The summed E-state index contributed by atoms with van der Waals surface area (Å²) >= 11 is 0. The van der Waals surface area contributed by atoms with Gasteiger partial charge in [-0.3, -0.25) is 16.3 Å². The van der Waals surface area contributed by atoms with Gasteiger partial charge in [-0.15, -0.1) is 0 Å². The van der Waals surface area contributed by atoms with Crippen LogP contribution in [0.15, 0.2) is 18.3 Å². The smallest absolute Gasteiger partial charge is 0.0528 e. The van der Waals surface area contributed by atoms with E-state index in [1.807, 2.05) is 19.2 Å². The van der Waals surface area contributed by atoms with Crippen molar-refractivity contribution in [3.05, 3.63) is 29.6 Å². The molecule has 0 saturated carbocycles. The first-order valence-corrected chi connectivity index (χ1v) is 5.78. The molecule has 3 N–H and O–H groups in total. The molecule has 1 saturated heterocycles. The molecule has 1 aliphatic rings. The molecule has 0 amide bonds. The number of hydrazine groups is 1. The SMILES string of the molecule is Cc1ncccc1C(NN)C1CCCOC1. The van der Waals surface area contributed by atoms with Crippen LogP contribution in [-0.2, 0) is 4.74 Å². The van der Waals surface area contributed by atoms with E-state index >= 15 is 0 Å². The Morgan fingerprint density at radius 1 is 1.62 bits per heavy atom. The lowest BCUT2D eigenvalue weighted by Gasteiger charge is -2.30. The highest BCUT2D eigenvalue weighted by Gasteiger charge is 2.25. The molecule has 16 heavy (non-hydrogen) atoms. The normalized spacial score (nSPS) is 23.0. The molecule has 4 nitrogen and oxygen atoms in total. The molecule has 2 unspecified atom stereocenters. The number of pyridine rings is 1. The summed E-state index contributed by atoms with van der Waals surface area (Å²) < 4.78 is 5.51. The Bertz CT molecular complexity index is 337. The predicted molar refractivity (Wildman–Crippen MR) is 62.6 cm³/mol. The Morgan fingerprint density at radius 2 is 2.50 bits per heavy atom. The van der Waals surface area contributed by atoms with E-state index in [0.717, 1.165) is 31.7 Å². The zero-order valence-corrected chi connectivity index (χ0v) is 9.65. The van der Waals surface area contributed by atoms with Crippen molar-refractivity contribution in [1.82, 2.24) is 10.4 Å². The average Bonchev–Trinajstić information content (AvgIpc) is 2.34. The summed E-state index contributed by atoms with van der Waals surface area (Å²) in [5.74, 6) is 6.12. The number of hydrogen-bond acceptors (Lipinski definition) is 4. The van der Waals surface area contributed by atoms with Crippen LogP contribution >= 0.6 is 0 Å². The first-order chi connectivity index (χ1) is 7.83. The largest absolute Gasteiger partial charge is 0.381 e. The van der Waals surface area contributed by atoms with Crippen molar-refractivity contribution in [1.29, 1.82) is 0 Å². The van der Waals surface area contributed by atoms with Gasteiger partial charge in [0, 0.05) is 24.4 Å². The molecule has 0 aromatic carbocycles. The molecular weight excluding hydrogens is 202 g/mol. The summed E-state index contributed by atoms with van der Waals surface area (Å²) in [6.07, 6.45) is 4.08. The van der Waals surface area contributed by atoms with Crippen LogP contribution in [0.25, 0.3) is 0 Å². The van der Waals surface area contributed by atoms with Crippen LogP contribution in [0.2, 0.25) is 0 Å². The first-order valence-electron chi connectivity index (χ1n) is 5.78. The maximum absolute atomic E-state index is 5.67. The number of nitrogens with two attached hydrogens (primary N) is 1. The van der Waals surface area contributed by atoms with Crippen LogP contribution in [0.4, 0.5) is 0 Å². The molecule has 1 aromatic heterocycles. The highest BCUT2D eigenvalue weighted by atomic mass is 16.5. The second-order valence-electron chi connectivity index (χ2n) is 4.30. The zero-order valence-electron chi connectivity index (χ0n) is 9.65. The third-order valence-electron chi connectivity index (χ3n) is 3.23. The molecule has 0 spiro atoms. The van der Waals surface area contributed by atoms with E-state index in [0.29, 0.717) is 5.92 Å². The van der Waals surface area contributed by atoms with Crippen molar-refractivity contribution in [2.24, 2.45) is 11.8 Å². The Balaban J connectivity index is 2.18. The summed E-state index contributed by atoms with van der Waals surface area (Å²) in [7, 11) is 0. The van der Waals surface area contributed by atoms with E-state index in [2.05, 4.69) is 16.5 Å². The van der Waals surface area contributed by atoms with Crippen LogP contribution < -0.4 is 11.3 Å². The highest BCUT2D eigenvalue weighted by molar-refractivity contribution is 5.23. The summed E-state index contributed by atoms with van der Waals surface area (Å²) in [5.41, 5.74) is 5.13. The monoisotopic (exact) mass is 221 g/mol. The molecule has 1 fully saturated rings. The van der Waals surface area contributed by atoms with Crippen LogP contribution in [0.1, 0.15) is 30.1 Å². The van der Waals surface area contributed by atoms with E-state index in [1.54, 1.807) is 0 Å². The molecule has 0 aliphatic carbocycles. The molecule has 0 radical (unpaired) electrons. The number of nitrogens with one attached hydrogen (secondary N) is 1. The van der Waals surface area contributed by atoms with E-state index in [9.17, 15) is 0 Å². The Kier molecular flexibility index (Phi) is 3.88.